The Morgan fingerprint density at radius 2 is 1.85 bits per heavy atom. The zero-order valence-corrected chi connectivity index (χ0v) is 17.6. The number of sulfone groups is 1. The fourth-order valence-corrected chi connectivity index (χ4v) is 7.31. The maximum atomic E-state index is 11.9. The van der Waals surface area contributed by atoms with Gasteiger partial charge < -0.3 is 4.90 Å². The quantitative estimate of drug-likeness (QED) is 0.745. The van der Waals surface area contributed by atoms with Crippen molar-refractivity contribution in [3.05, 3.63) is 64.2 Å². The maximum absolute atomic E-state index is 11.9. The van der Waals surface area contributed by atoms with E-state index in [0.29, 0.717) is 11.6 Å². The Bertz CT molecular complexity index is 1000. The van der Waals surface area contributed by atoms with Crippen molar-refractivity contribution in [2.24, 2.45) is 4.99 Å². The second kappa shape index (κ2) is 7.15. The summed E-state index contributed by atoms with van der Waals surface area (Å²) in [4.78, 5) is 6.97. The normalized spacial score (nSPS) is 23.1. The highest BCUT2D eigenvalue weighted by molar-refractivity contribution is 8.15. The third-order valence-electron chi connectivity index (χ3n) is 5.09. The van der Waals surface area contributed by atoms with E-state index in [0.717, 1.165) is 16.4 Å². The molecule has 2 aromatic rings. The molecule has 2 heterocycles. The number of amidine groups is 1. The number of nitrogens with zero attached hydrogens (tertiary/aromatic N) is 2. The predicted octanol–water partition coefficient (Wildman–Crippen LogP) is 4.23. The molecule has 0 bridgehead atoms. The zero-order chi connectivity index (χ0) is 19.2. The molecule has 4 nitrogen and oxygen atoms in total. The van der Waals surface area contributed by atoms with Gasteiger partial charge in [-0.05, 0) is 54.8 Å². The highest BCUT2D eigenvalue weighted by Crippen LogP contribution is 2.37. The van der Waals surface area contributed by atoms with E-state index < -0.39 is 9.84 Å². The summed E-state index contributed by atoms with van der Waals surface area (Å²) in [5.41, 5.74) is 4.67. The molecule has 0 N–H and O–H groups in total. The molecule has 2 aromatic carbocycles. The molecule has 0 unspecified atom stereocenters. The first-order valence-electron chi connectivity index (χ1n) is 8.85. The van der Waals surface area contributed by atoms with E-state index in [2.05, 4.69) is 36.9 Å². The number of anilines is 1. The molecule has 2 atom stereocenters. The van der Waals surface area contributed by atoms with Crippen molar-refractivity contribution in [2.45, 2.75) is 31.7 Å². The molecular weight excluding hydrogens is 400 g/mol. The summed E-state index contributed by atoms with van der Waals surface area (Å²) in [6, 6.07) is 14.1. The molecule has 142 valence electrons. The van der Waals surface area contributed by atoms with Gasteiger partial charge in [0.15, 0.2) is 15.0 Å². The van der Waals surface area contributed by atoms with Crippen LogP contribution in [-0.4, -0.2) is 36.4 Å². The van der Waals surface area contributed by atoms with Crippen LogP contribution >= 0.6 is 23.4 Å². The molecule has 2 aliphatic heterocycles. The van der Waals surface area contributed by atoms with Crippen LogP contribution in [-0.2, 0) is 16.4 Å². The lowest BCUT2D eigenvalue weighted by atomic mass is 10.1. The van der Waals surface area contributed by atoms with Crippen LogP contribution in [0.2, 0.25) is 5.02 Å². The van der Waals surface area contributed by atoms with Crippen LogP contribution in [0.4, 0.5) is 5.69 Å². The molecular formula is C20H21ClN2O2S2. The van der Waals surface area contributed by atoms with Crippen molar-refractivity contribution in [3.63, 3.8) is 0 Å². The van der Waals surface area contributed by atoms with Crippen LogP contribution < -0.4 is 4.90 Å². The van der Waals surface area contributed by atoms with Crippen LogP contribution in [0.15, 0.2) is 47.5 Å². The first-order chi connectivity index (χ1) is 12.8. The number of benzene rings is 2. The van der Waals surface area contributed by atoms with Gasteiger partial charge in [-0.25, -0.2) is 8.42 Å². The number of hydrogen-bond acceptors (Lipinski definition) is 5. The summed E-state index contributed by atoms with van der Waals surface area (Å²) in [7, 11) is -2.96. The molecule has 27 heavy (non-hydrogen) atoms. The van der Waals surface area contributed by atoms with E-state index in [1.165, 1.54) is 11.1 Å². The molecule has 1 saturated heterocycles. The fraction of sp³-hybridized carbons (Fsp3) is 0.350. The SMILES string of the molecule is Cc1ccc(N(Cc2ccc(Cl)cc2)C2=N[C@H]3CS(=O)(=O)C[C@H]3S2)cc1C. The van der Waals surface area contributed by atoms with Crippen LogP contribution in [0.1, 0.15) is 16.7 Å². The van der Waals surface area contributed by atoms with E-state index in [1.807, 2.05) is 24.3 Å². The van der Waals surface area contributed by atoms with Gasteiger partial charge in [-0.3, -0.25) is 4.99 Å². The van der Waals surface area contributed by atoms with Crippen molar-refractivity contribution in [1.82, 2.24) is 0 Å². The smallest absolute Gasteiger partial charge is 0.164 e. The molecule has 0 saturated carbocycles. The third kappa shape index (κ3) is 4.03. The Labute approximate surface area is 169 Å². The first-order valence-corrected chi connectivity index (χ1v) is 11.9. The average Bonchev–Trinajstić information content (AvgIpc) is 3.10. The minimum Gasteiger partial charge on any atom is -0.317 e. The second-order valence-corrected chi connectivity index (χ2v) is 11.0. The van der Waals surface area contributed by atoms with Gasteiger partial charge in [0.2, 0.25) is 0 Å². The molecule has 4 rings (SSSR count). The first kappa shape index (κ1) is 18.8. The number of hydrogen-bond donors (Lipinski definition) is 0. The summed E-state index contributed by atoms with van der Waals surface area (Å²) < 4.78 is 23.8. The Morgan fingerprint density at radius 1 is 1.11 bits per heavy atom. The average molecular weight is 421 g/mol. The van der Waals surface area contributed by atoms with Crippen LogP contribution in [0.25, 0.3) is 0 Å². The van der Waals surface area contributed by atoms with Crippen LogP contribution in [0, 0.1) is 13.8 Å². The molecule has 0 radical (unpaired) electrons. The third-order valence-corrected chi connectivity index (χ3v) is 8.59. The standard InChI is InChI=1S/C20H21ClN2O2S2/c1-13-3-8-17(9-14(13)2)23(10-15-4-6-16(21)7-5-15)20-22-18-11-27(24,25)12-19(18)26-20/h3-9,18-19H,10-12H2,1-2H3/t18-,19+/m0/s1. The Kier molecular flexibility index (Phi) is 4.99. The Balaban J connectivity index is 1.68. The number of rotatable bonds is 3. The van der Waals surface area contributed by atoms with Gasteiger partial charge >= 0.3 is 0 Å². The zero-order valence-electron chi connectivity index (χ0n) is 15.2. The predicted molar refractivity (Wildman–Crippen MR) is 115 cm³/mol. The van der Waals surface area contributed by atoms with Gasteiger partial charge in [-0.2, -0.15) is 0 Å². The molecule has 2 aliphatic rings. The summed E-state index contributed by atoms with van der Waals surface area (Å²) in [6.45, 7) is 4.86. The number of fused-ring (bicyclic) bond motifs is 1. The minimum absolute atomic E-state index is 0.0317. The molecule has 1 fully saturated rings. The molecule has 0 spiro atoms. The maximum Gasteiger partial charge on any atom is 0.164 e. The Hall–Kier alpha value is -1.50. The minimum atomic E-state index is -2.96. The van der Waals surface area contributed by atoms with Crippen molar-refractivity contribution in [3.8, 4) is 0 Å². The number of aryl methyl sites for hydroxylation is 2. The number of thioether (sulfide) groups is 1. The van der Waals surface area contributed by atoms with Crippen molar-refractivity contribution < 1.29 is 8.42 Å². The fourth-order valence-electron chi connectivity index (χ4n) is 3.41. The van der Waals surface area contributed by atoms with E-state index in [9.17, 15) is 8.42 Å². The van der Waals surface area contributed by atoms with Gasteiger partial charge in [0.1, 0.15) is 0 Å². The van der Waals surface area contributed by atoms with Gasteiger partial charge in [0.25, 0.3) is 0 Å². The second-order valence-electron chi connectivity index (χ2n) is 7.19. The van der Waals surface area contributed by atoms with E-state index in [4.69, 9.17) is 16.6 Å². The van der Waals surface area contributed by atoms with Crippen LogP contribution in [0.5, 0.6) is 0 Å². The van der Waals surface area contributed by atoms with Crippen molar-refractivity contribution in [2.75, 3.05) is 16.4 Å². The summed E-state index contributed by atoms with van der Waals surface area (Å²) in [6.07, 6.45) is 0. The lowest BCUT2D eigenvalue weighted by Gasteiger charge is -2.25. The highest BCUT2D eigenvalue weighted by Gasteiger charge is 2.44. The van der Waals surface area contributed by atoms with Crippen molar-refractivity contribution in [1.29, 1.82) is 0 Å². The monoisotopic (exact) mass is 420 g/mol. The number of aliphatic imine (C=N–C) groups is 1. The van der Waals surface area contributed by atoms with E-state index in [-0.39, 0.29) is 22.8 Å². The van der Waals surface area contributed by atoms with Gasteiger partial charge in [-0.1, -0.05) is 41.6 Å². The molecule has 0 amide bonds. The summed E-state index contributed by atoms with van der Waals surface area (Å²) in [5, 5.41) is 1.64. The van der Waals surface area contributed by atoms with E-state index in [1.54, 1.807) is 11.8 Å². The molecule has 0 aliphatic carbocycles. The van der Waals surface area contributed by atoms with Gasteiger partial charge in [0.05, 0.1) is 24.1 Å². The summed E-state index contributed by atoms with van der Waals surface area (Å²) in [5.74, 6) is 0.382. The largest absolute Gasteiger partial charge is 0.317 e. The van der Waals surface area contributed by atoms with Gasteiger partial charge in [0, 0.05) is 16.0 Å². The molecule has 7 heteroatoms. The van der Waals surface area contributed by atoms with E-state index >= 15 is 0 Å². The lowest BCUT2D eigenvalue weighted by molar-refractivity contribution is 0.601. The number of halogens is 1. The lowest BCUT2D eigenvalue weighted by Crippen LogP contribution is -2.28. The van der Waals surface area contributed by atoms with Gasteiger partial charge in [-0.15, -0.1) is 0 Å². The highest BCUT2D eigenvalue weighted by atomic mass is 35.5. The topological polar surface area (TPSA) is 49.7 Å². The summed E-state index contributed by atoms with van der Waals surface area (Å²) >= 11 is 7.61. The molecule has 0 aromatic heterocycles. The Morgan fingerprint density at radius 3 is 2.52 bits per heavy atom. The van der Waals surface area contributed by atoms with Crippen LogP contribution in [0.3, 0.4) is 0 Å². The van der Waals surface area contributed by atoms with Crippen molar-refractivity contribution >= 4 is 44.1 Å².